The van der Waals surface area contributed by atoms with Gasteiger partial charge in [0.05, 0.1) is 54.1 Å². The van der Waals surface area contributed by atoms with Crippen molar-refractivity contribution in [3.8, 4) is 11.1 Å². The van der Waals surface area contributed by atoms with Crippen LogP contribution in [0, 0.1) is 0 Å². The fourth-order valence-corrected chi connectivity index (χ4v) is 6.66. The Kier molecular flexibility index (Phi) is 11.2. The number of nitrogen functional groups attached to an aromatic ring is 1. The summed E-state index contributed by atoms with van der Waals surface area (Å²) in [7, 11) is 0. The summed E-state index contributed by atoms with van der Waals surface area (Å²) in [5.41, 5.74) is 14.7. The Morgan fingerprint density at radius 2 is 1.55 bits per heavy atom. The number of nitrogens with zero attached hydrogens (tertiary/aromatic N) is 2. The molecule has 5 N–H and O–H groups in total. The molecule has 1 aliphatic rings. The number of imidazole rings is 1. The lowest BCUT2D eigenvalue weighted by Crippen LogP contribution is -2.32. The third-order valence-corrected chi connectivity index (χ3v) is 9.49. The zero-order valence-electron chi connectivity index (χ0n) is 29.4. The summed E-state index contributed by atoms with van der Waals surface area (Å²) in [5, 5.41) is 15.4. The molecule has 0 saturated carbocycles. The number of ether oxygens (including phenoxy) is 2. The lowest BCUT2D eigenvalue weighted by Gasteiger charge is -2.36. The van der Waals surface area contributed by atoms with Crippen LogP contribution in [0.15, 0.2) is 128 Å². The zero-order chi connectivity index (χ0) is 36.6. The van der Waals surface area contributed by atoms with E-state index in [1.165, 1.54) is 0 Å². The van der Waals surface area contributed by atoms with Gasteiger partial charge in [0, 0.05) is 31.4 Å². The highest BCUT2D eigenvalue weighted by Gasteiger charge is 2.33. The second-order valence-corrected chi connectivity index (χ2v) is 13.3. The van der Waals surface area contributed by atoms with Crippen molar-refractivity contribution in [3.63, 3.8) is 0 Å². The molecule has 1 aliphatic heterocycles. The maximum atomic E-state index is 12.6. The Balaban J connectivity index is 1.00. The van der Waals surface area contributed by atoms with Gasteiger partial charge in [-0.15, -0.1) is 0 Å². The van der Waals surface area contributed by atoms with E-state index >= 15 is 0 Å². The molecule has 5 aromatic carbocycles. The van der Waals surface area contributed by atoms with Gasteiger partial charge in [0.15, 0.2) is 6.29 Å². The third kappa shape index (κ3) is 8.99. The van der Waals surface area contributed by atoms with Crippen LogP contribution in [-0.2, 0) is 38.8 Å². The minimum Gasteiger partial charge on any atom is -0.397 e. The highest BCUT2D eigenvalue weighted by atomic mass is 16.7. The molecule has 1 saturated heterocycles. The monoisotopic (exact) mass is 709 g/mol. The Morgan fingerprint density at radius 3 is 2.38 bits per heavy atom. The fraction of sp³-hybridized carbons (Fsp3) is 0.233. The summed E-state index contributed by atoms with van der Waals surface area (Å²) in [5.74, 6) is -0.293. The summed E-state index contributed by atoms with van der Waals surface area (Å²) < 4.78 is 15.4. The van der Waals surface area contributed by atoms with Crippen molar-refractivity contribution in [3.05, 3.63) is 150 Å². The molecular formula is C43H43N5O5. The first-order valence-corrected chi connectivity index (χ1v) is 17.9. The number of amides is 2. The normalized spacial score (nSPS) is 17.0. The molecule has 1 aromatic heterocycles. The topological polar surface area (TPSA) is 141 Å². The van der Waals surface area contributed by atoms with Crippen LogP contribution in [0.5, 0.6) is 0 Å². The van der Waals surface area contributed by atoms with Crippen molar-refractivity contribution in [1.82, 2.24) is 14.9 Å². The third-order valence-electron chi connectivity index (χ3n) is 9.49. The molecule has 0 radical (unpaired) electrons. The van der Waals surface area contributed by atoms with E-state index in [0.717, 1.165) is 44.4 Å². The second kappa shape index (κ2) is 16.7. The molecule has 2 heterocycles. The van der Waals surface area contributed by atoms with E-state index in [1.807, 2.05) is 85.2 Å². The van der Waals surface area contributed by atoms with Gasteiger partial charge < -0.3 is 35.5 Å². The molecule has 3 atom stereocenters. The molecule has 2 amide bonds. The van der Waals surface area contributed by atoms with Crippen LogP contribution < -0.4 is 16.4 Å². The van der Waals surface area contributed by atoms with Gasteiger partial charge in [0.2, 0.25) is 11.8 Å². The van der Waals surface area contributed by atoms with Crippen molar-refractivity contribution in [2.45, 2.75) is 63.9 Å². The van der Waals surface area contributed by atoms with Crippen LogP contribution in [0.1, 0.15) is 60.3 Å². The van der Waals surface area contributed by atoms with Crippen molar-refractivity contribution in [2.24, 2.45) is 0 Å². The number of nitrogens with two attached hydrogens (primary N) is 1. The summed E-state index contributed by atoms with van der Waals surface area (Å²) in [6.07, 6.45) is 2.44. The molecule has 7 rings (SSSR count). The summed E-state index contributed by atoms with van der Waals surface area (Å²) in [6, 6.07) is 39.3. The number of anilines is 2. The summed E-state index contributed by atoms with van der Waals surface area (Å²) in [4.78, 5) is 29.5. The fourth-order valence-electron chi connectivity index (χ4n) is 6.66. The molecule has 0 bridgehead atoms. The van der Waals surface area contributed by atoms with Crippen LogP contribution in [0.3, 0.4) is 0 Å². The van der Waals surface area contributed by atoms with Gasteiger partial charge in [0.25, 0.3) is 0 Å². The number of hydrogen-bond acceptors (Lipinski definition) is 7. The van der Waals surface area contributed by atoms with E-state index in [0.29, 0.717) is 37.3 Å². The van der Waals surface area contributed by atoms with Gasteiger partial charge >= 0.3 is 0 Å². The molecule has 270 valence electrons. The van der Waals surface area contributed by atoms with E-state index in [4.69, 9.17) is 15.2 Å². The van der Waals surface area contributed by atoms with Gasteiger partial charge in [-0.2, -0.15) is 0 Å². The van der Waals surface area contributed by atoms with Gasteiger partial charge in [0.1, 0.15) is 0 Å². The standard InChI is InChI=1S/C43H43N5O5/c44-36-12-1-2-13-37(36)47-42(51)17-7-16-41(50)45-25-30-8-5-9-32(22-30)33-10-6-11-34(23-33)43-52-35(26-48-28-46-38-14-3-4-15-39(38)48)24-40(53-43)31-20-18-29(27-49)19-21-31/h1-6,8-15,18-23,28,35,40,43,49H,7,16-17,24-27,44H2,(H,45,50)(H,47,51)/t35-,40+,43+/m1/s1. The molecule has 0 unspecified atom stereocenters. The highest BCUT2D eigenvalue weighted by molar-refractivity contribution is 5.94. The molecule has 53 heavy (non-hydrogen) atoms. The Labute approximate surface area is 308 Å². The first-order chi connectivity index (χ1) is 25.9. The van der Waals surface area contributed by atoms with E-state index in [-0.39, 0.29) is 43.5 Å². The number of aliphatic hydroxyl groups is 1. The minimum absolute atomic E-state index is 0.0135. The highest BCUT2D eigenvalue weighted by Crippen LogP contribution is 2.39. The van der Waals surface area contributed by atoms with E-state index < -0.39 is 6.29 Å². The molecule has 10 nitrogen and oxygen atoms in total. The number of nitrogens with one attached hydrogen (secondary N) is 2. The largest absolute Gasteiger partial charge is 0.397 e. The van der Waals surface area contributed by atoms with Gasteiger partial charge in [-0.25, -0.2) is 4.98 Å². The molecule has 10 heteroatoms. The van der Waals surface area contributed by atoms with Crippen molar-refractivity contribution in [2.75, 3.05) is 11.1 Å². The lowest BCUT2D eigenvalue weighted by atomic mass is 9.98. The number of aromatic nitrogens is 2. The number of carbonyl (C=O) groups is 2. The quantitative estimate of drug-likeness (QED) is 0.0914. The summed E-state index contributed by atoms with van der Waals surface area (Å²) in [6.45, 7) is 0.977. The number of fused-ring (bicyclic) bond motifs is 1. The van der Waals surface area contributed by atoms with Crippen LogP contribution in [0.25, 0.3) is 22.2 Å². The average Bonchev–Trinajstić information content (AvgIpc) is 3.60. The molecule has 6 aromatic rings. The lowest BCUT2D eigenvalue weighted by molar-refractivity contribution is -0.252. The van der Waals surface area contributed by atoms with Crippen molar-refractivity contribution >= 4 is 34.2 Å². The zero-order valence-corrected chi connectivity index (χ0v) is 29.4. The number of carbonyl (C=O) groups excluding carboxylic acids is 2. The SMILES string of the molecule is Nc1ccccc1NC(=O)CCCC(=O)NCc1cccc(-c2cccc([C@H]3O[C@@H](Cn4cnc5ccccc54)C[C@@H](c4ccc(CO)cc4)O3)c2)c1. The Hall–Kier alpha value is -5.81. The predicted molar refractivity (Wildman–Crippen MR) is 205 cm³/mol. The molecule has 1 fully saturated rings. The van der Waals surface area contributed by atoms with Crippen LogP contribution in [0.2, 0.25) is 0 Å². The Bertz CT molecular complexity index is 2180. The van der Waals surface area contributed by atoms with Crippen molar-refractivity contribution < 1.29 is 24.2 Å². The predicted octanol–water partition coefficient (Wildman–Crippen LogP) is 7.45. The second-order valence-electron chi connectivity index (χ2n) is 13.3. The first kappa shape index (κ1) is 35.6. The maximum absolute atomic E-state index is 12.6. The number of hydrogen-bond donors (Lipinski definition) is 4. The summed E-state index contributed by atoms with van der Waals surface area (Å²) >= 11 is 0. The number of para-hydroxylation sites is 4. The van der Waals surface area contributed by atoms with Gasteiger partial charge in [-0.05, 0) is 70.6 Å². The number of rotatable bonds is 13. The van der Waals surface area contributed by atoms with Gasteiger partial charge in [-0.3, -0.25) is 9.59 Å². The van der Waals surface area contributed by atoms with E-state index in [9.17, 15) is 14.7 Å². The molecular weight excluding hydrogens is 667 g/mol. The molecule has 0 spiro atoms. The van der Waals surface area contributed by atoms with Gasteiger partial charge in [-0.1, -0.05) is 84.9 Å². The first-order valence-electron chi connectivity index (χ1n) is 17.9. The minimum atomic E-state index is -0.611. The Morgan fingerprint density at radius 1 is 0.792 bits per heavy atom. The van der Waals surface area contributed by atoms with E-state index in [1.54, 1.807) is 18.2 Å². The van der Waals surface area contributed by atoms with Crippen molar-refractivity contribution in [1.29, 1.82) is 0 Å². The number of aliphatic hydroxyl groups excluding tert-OH is 1. The number of benzene rings is 5. The molecule has 0 aliphatic carbocycles. The van der Waals surface area contributed by atoms with Crippen LogP contribution in [-0.4, -0.2) is 32.6 Å². The van der Waals surface area contributed by atoms with Crippen LogP contribution >= 0.6 is 0 Å². The smallest absolute Gasteiger partial charge is 0.224 e. The van der Waals surface area contributed by atoms with E-state index in [2.05, 4.69) is 44.5 Å². The average molecular weight is 710 g/mol. The maximum Gasteiger partial charge on any atom is 0.224 e. The van der Waals surface area contributed by atoms with Crippen LogP contribution in [0.4, 0.5) is 11.4 Å².